The first-order valence-electron chi connectivity index (χ1n) is 8.99. The Kier molecular flexibility index (Phi) is 6.47. The lowest BCUT2D eigenvalue weighted by Crippen LogP contribution is -2.40. The summed E-state index contributed by atoms with van der Waals surface area (Å²) < 4.78 is 35.7. The van der Waals surface area contributed by atoms with Crippen molar-refractivity contribution in [1.82, 2.24) is 14.1 Å². The van der Waals surface area contributed by atoms with Gasteiger partial charge in [-0.15, -0.1) is 5.10 Å². The fourth-order valence-corrected chi connectivity index (χ4v) is 6.71. The van der Waals surface area contributed by atoms with Crippen LogP contribution in [0.3, 0.4) is 0 Å². The van der Waals surface area contributed by atoms with E-state index in [1.54, 1.807) is 34.6 Å². The van der Waals surface area contributed by atoms with Crippen LogP contribution >= 0.6 is 35.3 Å². The van der Waals surface area contributed by atoms with E-state index in [1.807, 2.05) is 36.4 Å². The summed E-state index contributed by atoms with van der Waals surface area (Å²) >= 11 is 8.44. The third-order valence-electron chi connectivity index (χ3n) is 4.40. The van der Waals surface area contributed by atoms with Gasteiger partial charge in [-0.05, 0) is 42.0 Å². The molecule has 3 aromatic rings. The molecule has 6 nitrogen and oxygen atoms in total. The largest absolute Gasteiger partial charge is 0.379 e. The predicted molar refractivity (Wildman–Crippen MR) is 118 cm³/mol. The zero-order valence-electron chi connectivity index (χ0n) is 15.4. The van der Waals surface area contributed by atoms with E-state index in [2.05, 4.69) is 5.10 Å². The summed E-state index contributed by atoms with van der Waals surface area (Å²) in [6.07, 6.45) is 0. The second-order valence-corrected chi connectivity index (χ2v) is 11.1. The summed E-state index contributed by atoms with van der Waals surface area (Å²) in [6, 6.07) is 16.9. The minimum atomic E-state index is -3.50. The number of sulfonamides is 1. The van der Waals surface area contributed by atoms with E-state index in [0.29, 0.717) is 40.9 Å². The molecule has 1 fully saturated rings. The molecule has 0 unspecified atom stereocenters. The van der Waals surface area contributed by atoms with Crippen molar-refractivity contribution in [1.29, 1.82) is 0 Å². The summed E-state index contributed by atoms with van der Waals surface area (Å²) in [5.74, 6) is 0.615. The van der Waals surface area contributed by atoms with Gasteiger partial charge in [0.05, 0.1) is 23.8 Å². The number of ether oxygens (including phenoxy) is 1. The van der Waals surface area contributed by atoms with Crippen molar-refractivity contribution in [2.75, 3.05) is 26.3 Å². The van der Waals surface area contributed by atoms with Gasteiger partial charge >= 0.3 is 0 Å². The minimum absolute atomic E-state index is 0.319. The van der Waals surface area contributed by atoms with Crippen molar-refractivity contribution in [2.45, 2.75) is 15.0 Å². The molecule has 152 valence electrons. The minimum Gasteiger partial charge on any atom is -0.379 e. The quantitative estimate of drug-likeness (QED) is 0.405. The second-order valence-electron chi connectivity index (χ2n) is 6.33. The van der Waals surface area contributed by atoms with Crippen LogP contribution in [0.2, 0.25) is 0 Å². The van der Waals surface area contributed by atoms with Crippen LogP contribution in [0.25, 0.3) is 5.69 Å². The van der Waals surface area contributed by atoms with Crippen LogP contribution in [0.1, 0.15) is 5.56 Å². The molecular formula is C19H19N3O3S4. The van der Waals surface area contributed by atoms with Gasteiger partial charge in [0.15, 0.2) is 8.29 Å². The van der Waals surface area contributed by atoms with Gasteiger partial charge in [0, 0.05) is 18.8 Å². The van der Waals surface area contributed by atoms with E-state index in [4.69, 9.17) is 17.0 Å². The van der Waals surface area contributed by atoms with Gasteiger partial charge in [-0.1, -0.05) is 53.4 Å². The molecule has 2 aromatic carbocycles. The van der Waals surface area contributed by atoms with Crippen LogP contribution in [0.15, 0.2) is 63.8 Å². The zero-order valence-corrected chi connectivity index (χ0v) is 18.7. The van der Waals surface area contributed by atoms with Gasteiger partial charge in [-0.3, -0.25) is 0 Å². The standard InChI is InChI=1S/C19H19N3O3S4/c23-29(24,21-9-11-25-12-10-21)17-8-4-5-15(13-17)14-27-18-20-22(19(26)28-18)16-6-2-1-3-7-16/h1-8,13H,9-12,14H2. The maximum absolute atomic E-state index is 12.9. The van der Waals surface area contributed by atoms with Gasteiger partial charge in [-0.2, -0.15) is 4.31 Å². The lowest BCUT2D eigenvalue weighted by molar-refractivity contribution is 0.0730. The van der Waals surface area contributed by atoms with Crippen LogP contribution in [0.4, 0.5) is 0 Å². The maximum Gasteiger partial charge on any atom is 0.243 e. The molecule has 29 heavy (non-hydrogen) atoms. The van der Waals surface area contributed by atoms with Crippen molar-refractivity contribution in [3.63, 3.8) is 0 Å². The lowest BCUT2D eigenvalue weighted by atomic mass is 10.2. The molecule has 2 heterocycles. The Labute approximate surface area is 183 Å². The van der Waals surface area contributed by atoms with Crippen molar-refractivity contribution < 1.29 is 13.2 Å². The molecule has 1 aromatic heterocycles. The molecule has 0 N–H and O–H groups in total. The van der Waals surface area contributed by atoms with Crippen molar-refractivity contribution in [3.8, 4) is 5.69 Å². The molecule has 0 saturated carbocycles. The molecule has 0 amide bonds. The number of para-hydroxylation sites is 1. The third kappa shape index (κ3) is 4.79. The average molecular weight is 466 g/mol. The molecule has 0 atom stereocenters. The molecule has 1 aliphatic rings. The van der Waals surface area contributed by atoms with E-state index in [9.17, 15) is 8.42 Å². The van der Waals surface area contributed by atoms with Crippen LogP contribution in [0.5, 0.6) is 0 Å². The molecule has 1 saturated heterocycles. The number of nitrogens with zero attached hydrogens (tertiary/aromatic N) is 3. The van der Waals surface area contributed by atoms with Crippen LogP contribution in [0, 0.1) is 3.95 Å². The first-order chi connectivity index (χ1) is 14.0. The third-order valence-corrected chi connectivity index (χ3v) is 8.73. The molecule has 0 bridgehead atoms. The zero-order chi connectivity index (χ0) is 20.3. The fraction of sp³-hybridized carbons (Fsp3) is 0.263. The van der Waals surface area contributed by atoms with E-state index < -0.39 is 10.0 Å². The van der Waals surface area contributed by atoms with Crippen molar-refractivity contribution >= 4 is 45.3 Å². The molecule has 0 aliphatic carbocycles. The summed E-state index contributed by atoms with van der Waals surface area (Å²) in [5.41, 5.74) is 1.86. The molecule has 10 heteroatoms. The van der Waals surface area contributed by atoms with Crippen LogP contribution < -0.4 is 0 Å². The summed E-state index contributed by atoms with van der Waals surface area (Å²) in [7, 11) is -3.50. The number of hydrogen-bond donors (Lipinski definition) is 0. The van der Waals surface area contributed by atoms with E-state index in [-0.39, 0.29) is 0 Å². The fourth-order valence-electron chi connectivity index (χ4n) is 2.93. The normalized spacial score (nSPS) is 15.4. The highest BCUT2D eigenvalue weighted by Crippen LogP contribution is 2.28. The molecule has 4 rings (SSSR count). The van der Waals surface area contributed by atoms with Crippen LogP contribution in [-0.2, 0) is 20.5 Å². The Hall–Kier alpha value is -1.56. The summed E-state index contributed by atoms with van der Waals surface area (Å²) in [4.78, 5) is 0.319. The average Bonchev–Trinajstić information content (AvgIpc) is 3.14. The predicted octanol–water partition coefficient (Wildman–Crippen LogP) is 3.98. The van der Waals surface area contributed by atoms with E-state index in [1.165, 1.54) is 15.6 Å². The number of hydrogen-bond acceptors (Lipinski definition) is 7. The number of thioether (sulfide) groups is 1. The lowest BCUT2D eigenvalue weighted by Gasteiger charge is -2.26. The second kappa shape index (κ2) is 9.07. The van der Waals surface area contributed by atoms with Gasteiger partial charge in [0.2, 0.25) is 10.0 Å². The molecule has 0 radical (unpaired) electrons. The summed E-state index contributed by atoms with van der Waals surface area (Å²) in [6.45, 7) is 1.65. The monoisotopic (exact) mass is 465 g/mol. The van der Waals surface area contributed by atoms with Crippen molar-refractivity contribution in [2.24, 2.45) is 0 Å². The van der Waals surface area contributed by atoms with Gasteiger partial charge in [0.25, 0.3) is 0 Å². The molecule has 1 aliphatic heterocycles. The Morgan fingerprint density at radius 2 is 1.86 bits per heavy atom. The maximum atomic E-state index is 12.9. The Bertz CT molecular complexity index is 1140. The first kappa shape index (κ1) is 20.7. The number of benzene rings is 2. The Balaban J connectivity index is 1.49. The Morgan fingerprint density at radius 3 is 2.62 bits per heavy atom. The van der Waals surface area contributed by atoms with E-state index in [0.717, 1.165) is 15.6 Å². The summed E-state index contributed by atoms with van der Waals surface area (Å²) in [5, 5.41) is 4.59. The van der Waals surface area contributed by atoms with Gasteiger partial charge < -0.3 is 4.74 Å². The van der Waals surface area contributed by atoms with E-state index >= 15 is 0 Å². The van der Waals surface area contributed by atoms with Crippen molar-refractivity contribution in [3.05, 3.63) is 64.1 Å². The van der Waals surface area contributed by atoms with Gasteiger partial charge in [-0.25, -0.2) is 13.1 Å². The Morgan fingerprint density at radius 1 is 1.10 bits per heavy atom. The van der Waals surface area contributed by atoms with Crippen LogP contribution in [-0.4, -0.2) is 48.8 Å². The number of rotatable bonds is 6. The number of aromatic nitrogens is 2. The topological polar surface area (TPSA) is 64.4 Å². The molecule has 0 spiro atoms. The molecular weight excluding hydrogens is 446 g/mol. The smallest absolute Gasteiger partial charge is 0.243 e. The highest BCUT2D eigenvalue weighted by Gasteiger charge is 2.26. The highest BCUT2D eigenvalue weighted by atomic mass is 32.2. The SMILES string of the molecule is O=S(=O)(c1cccc(CSc2nn(-c3ccccc3)c(=S)s2)c1)N1CCOCC1. The van der Waals surface area contributed by atoms with Gasteiger partial charge in [0.1, 0.15) is 0 Å². The highest BCUT2D eigenvalue weighted by molar-refractivity contribution is 8.00. The number of morpholine rings is 1. The first-order valence-corrected chi connectivity index (χ1v) is 12.6.